The van der Waals surface area contributed by atoms with Crippen molar-refractivity contribution >= 4 is 39.0 Å². The van der Waals surface area contributed by atoms with Crippen LogP contribution in [0.3, 0.4) is 0 Å². The third-order valence-corrected chi connectivity index (χ3v) is 4.98. The van der Waals surface area contributed by atoms with Crippen LogP contribution in [-0.2, 0) is 11.2 Å². The molecule has 0 bridgehead atoms. The van der Waals surface area contributed by atoms with Crippen molar-refractivity contribution in [3.05, 3.63) is 71.6 Å². The fourth-order valence-electron chi connectivity index (χ4n) is 2.83. The van der Waals surface area contributed by atoms with Gasteiger partial charge in [-0.1, -0.05) is 24.3 Å². The van der Waals surface area contributed by atoms with E-state index in [0.717, 1.165) is 32.6 Å². The van der Waals surface area contributed by atoms with Crippen LogP contribution in [0.1, 0.15) is 5.56 Å². The Morgan fingerprint density at radius 1 is 1.07 bits per heavy atom. The van der Waals surface area contributed by atoms with E-state index in [1.165, 1.54) is 29.8 Å². The van der Waals surface area contributed by atoms with Gasteiger partial charge in [0.1, 0.15) is 22.8 Å². The number of rotatable bonds is 5. The molecular formula is C20H14FN3O2S. The highest BCUT2D eigenvalue weighted by molar-refractivity contribution is 7.17. The van der Waals surface area contributed by atoms with E-state index in [1.54, 1.807) is 24.3 Å². The Labute approximate surface area is 158 Å². The lowest BCUT2D eigenvalue weighted by molar-refractivity contribution is -0.136. The molecular weight excluding hydrogens is 365 g/mol. The summed E-state index contributed by atoms with van der Waals surface area (Å²) >= 11 is 1.50. The predicted molar refractivity (Wildman–Crippen MR) is 104 cm³/mol. The first-order chi connectivity index (χ1) is 13.1. The number of hydrogen-bond donors (Lipinski definition) is 2. The molecule has 0 saturated carbocycles. The number of carboxylic acids is 1. The van der Waals surface area contributed by atoms with E-state index < -0.39 is 5.97 Å². The Kier molecular flexibility index (Phi) is 4.52. The molecule has 2 aromatic carbocycles. The number of carbonyl (C=O) groups is 1. The molecule has 134 valence electrons. The first-order valence-electron chi connectivity index (χ1n) is 8.16. The predicted octanol–water partition coefficient (Wildman–Crippen LogP) is 4.87. The second kappa shape index (κ2) is 7.13. The molecule has 2 aromatic heterocycles. The summed E-state index contributed by atoms with van der Waals surface area (Å²) in [4.78, 5) is 20.3. The van der Waals surface area contributed by atoms with Crippen LogP contribution in [0, 0.1) is 5.82 Å². The summed E-state index contributed by atoms with van der Waals surface area (Å²) in [6.45, 7) is 0. The van der Waals surface area contributed by atoms with Gasteiger partial charge in [0.15, 0.2) is 0 Å². The minimum absolute atomic E-state index is 0.0166. The standard InChI is InChI=1S/C20H14FN3O2S/c21-14-5-3-13(4-6-14)16-10-27-20-18(16)19(22-11-23-20)24-15-7-1-12(2-8-15)9-17(25)26/h1-8,10-11H,9H2,(H,25,26)(H,22,23,24). The van der Waals surface area contributed by atoms with Gasteiger partial charge in [0, 0.05) is 16.6 Å². The van der Waals surface area contributed by atoms with Crippen molar-refractivity contribution in [3.63, 3.8) is 0 Å². The molecule has 0 aliphatic rings. The van der Waals surface area contributed by atoms with Gasteiger partial charge in [-0.3, -0.25) is 4.79 Å². The minimum atomic E-state index is -0.865. The monoisotopic (exact) mass is 379 g/mol. The molecule has 0 spiro atoms. The van der Waals surface area contributed by atoms with Gasteiger partial charge in [0.05, 0.1) is 11.8 Å². The van der Waals surface area contributed by atoms with E-state index in [0.29, 0.717) is 5.82 Å². The highest BCUT2D eigenvalue weighted by Gasteiger charge is 2.13. The fraction of sp³-hybridized carbons (Fsp3) is 0.0500. The van der Waals surface area contributed by atoms with E-state index in [-0.39, 0.29) is 12.2 Å². The highest BCUT2D eigenvalue weighted by Crippen LogP contribution is 2.37. The zero-order chi connectivity index (χ0) is 18.8. The van der Waals surface area contributed by atoms with Gasteiger partial charge in [-0.05, 0) is 35.4 Å². The third kappa shape index (κ3) is 3.63. The normalized spacial score (nSPS) is 10.9. The maximum absolute atomic E-state index is 13.2. The second-order valence-electron chi connectivity index (χ2n) is 5.95. The molecule has 0 unspecified atom stereocenters. The van der Waals surface area contributed by atoms with Crippen molar-refractivity contribution in [1.82, 2.24) is 9.97 Å². The molecule has 0 atom stereocenters. The number of fused-ring (bicyclic) bond motifs is 1. The zero-order valence-electron chi connectivity index (χ0n) is 14.0. The van der Waals surface area contributed by atoms with Crippen LogP contribution >= 0.6 is 11.3 Å². The van der Waals surface area contributed by atoms with Crippen LogP contribution in [0.4, 0.5) is 15.9 Å². The Balaban J connectivity index is 1.70. The number of carboxylic acid groups (broad SMARTS) is 1. The lowest BCUT2D eigenvalue weighted by atomic mass is 10.1. The number of nitrogens with one attached hydrogen (secondary N) is 1. The van der Waals surface area contributed by atoms with Crippen LogP contribution in [0.25, 0.3) is 21.3 Å². The van der Waals surface area contributed by atoms with Crippen LogP contribution in [-0.4, -0.2) is 21.0 Å². The molecule has 0 amide bonds. The van der Waals surface area contributed by atoms with Crippen molar-refractivity contribution in [2.45, 2.75) is 6.42 Å². The van der Waals surface area contributed by atoms with Crippen LogP contribution in [0.2, 0.25) is 0 Å². The van der Waals surface area contributed by atoms with Gasteiger partial charge in [-0.2, -0.15) is 0 Å². The molecule has 2 N–H and O–H groups in total. The van der Waals surface area contributed by atoms with Gasteiger partial charge in [0.2, 0.25) is 0 Å². The first kappa shape index (κ1) is 17.1. The molecule has 0 fully saturated rings. The third-order valence-electron chi connectivity index (χ3n) is 4.10. The Bertz CT molecular complexity index is 1110. The fourth-order valence-corrected chi connectivity index (χ4v) is 3.74. The lowest BCUT2D eigenvalue weighted by Gasteiger charge is -2.09. The SMILES string of the molecule is O=C(O)Cc1ccc(Nc2ncnc3scc(-c4ccc(F)cc4)c23)cc1. The van der Waals surface area contributed by atoms with Gasteiger partial charge in [-0.15, -0.1) is 11.3 Å². The average molecular weight is 379 g/mol. The van der Waals surface area contributed by atoms with E-state index in [9.17, 15) is 9.18 Å². The minimum Gasteiger partial charge on any atom is -0.481 e. The number of aromatic nitrogens is 2. The lowest BCUT2D eigenvalue weighted by Crippen LogP contribution is -2.00. The highest BCUT2D eigenvalue weighted by atomic mass is 32.1. The summed E-state index contributed by atoms with van der Waals surface area (Å²) in [6, 6.07) is 13.5. The van der Waals surface area contributed by atoms with E-state index in [1.807, 2.05) is 17.5 Å². The summed E-state index contributed by atoms with van der Waals surface area (Å²) in [5.41, 5.74) is 3.33. The smallest absolute Gasteiger partial charge is 0.307 e. The van der Waals surface area contributed by atoms with Crippen LogP contribution in [0.5, 0.6) is 0 Å². The molecule has 27 heavy (non-hydrogen) atoms. The van der Waals surface area contributed by atoms with Crippen molar-refractivity contribution in [2.75, 3.05) is 5.32 Å². The maximum Gasteiger partial charge on any atom is 0.307 e. The summed E-state index contributed by atoms with van der Waals surface area (Å²) in [5.74, 6) is -0.503. The number of nitrogens with zero attached hydrogens (tertiary/aromatic N) is 2. The quantitative estimate of drug-likeness (QED) is 0.517. The summed E-state index contributed by atoms with van der Waals surface area (Å²) in [6.07, 6.45) is 1.48. The molecule has 0 aliphatic carbocycles. The number of hydrogen-bond acceptors (Lipinski definition) is 5. The number of anilines is 2. The Morgan fingerprint density at radius 3 is 2.52 bits per heavy atom. The molecule has 4 rings (SSSR count). The molecule has 5 nitrogen and oxygen atoms in total. The van der Waals surface area contributed by atoms with Crippen LogP contribution < -0.4 is 5.32 Å². The number of thiophene rings is 1. The molecule has 2 heterocycles. The molecule has 4 aromatic rings. The zero-order valence-corrected chi connectivity index (χ0v) is 14.8. The van der Waals surface area contributed by atoms with Gasteiger partial charge in [0.25, 0.3) is 0 Å². The molecule has 0 saturated heterocycles. The summed E-state index contributed by atoms with van der Waals surface area (Å²) in [5, 5.41) is 15.0. The Hall–Kier alpha value is -3.32. The van der Waals surface area contributed by atoms with Crippen molar-refractivity contribution in [1.29, 1.82) is 0 Å². The number of halogens is 1. The number of aliphatic carboxylic acids is 1. The summed E-state index contributed by atoms with van der Waals surface area (Å²) in [7, 11) is 0. The molecule has 0 aliphatic heterocycles. The van der Waals surface area contributed by atoms with E-state index in [4.69, 9.17) is 5.11 Å². The average Bonchev–Trinajstić information content (AvgIpc) is 3.09. The second-order valence-corrected chi connectivity index (χ2v) is 6.81. The van der Waals surface area contributed by atoms with E-state index in [2.05, 4.69) is 15.3 Å². The van der Waals surface area contributed by atoms with Crippen LogP contribution in [0.15, 0.2) is 60.2 Å². The van der Waals surface area contributed by atoms with E-state index >= 15 is 0 Å². The topological polar surface area (TPSA) is 75.1 Å². The van der Waals surface area contributed by atoms with Gasteiger partial charge >= 0.3 is 5.97 Å². The Morgan fingerprint density at radius 2 is 1.81 bits per heavy atom. The van der Waals surface area contributed by atoms with Gasteiger partial charge < -0.3 is 10.4 Å². The first-order valence-corrected chi connectivity index (χ1v) is 9.04. The van der Waals surface area contributed by atoms with Crippen molar-refractivity contribution in [3.8, 4) is 11.1 Å². The van der Waals surface area contributed by atoms with Crippen molar-refractivity contribution < 1.29 is 14.3 Å². The number of benzene rings is 2. The largest absolute Gasteiger partial charge is 0.481 e. The maximum atomic E-state index is 13.2. The summed E-state index contributed by atoms with van der Waals surface area (Å²) < 4.78 is 13.2. The van der Waals surface area contributed by atoms with Crippen molar-refractivity contribution in [2.24, 2.45) is 0 Å². The van der Waals surface area contributed by atoms with Gasteiger partial charge in [-0.25, -0.2) is 14.4 Å². The molecule has 0 radical (unpaired) electrons. The molecule has 7 heteroatoms.